The van der Waals surface area contributed by atoms with Crippen LogP contribution in [-0.4, -0.2) is 50.1 Å². The summed E-state index contributed by atoms with van der Waals surface area (Å²) in [6.45, 7) is 6.02. The summed E-state index contributed by atoms with van der Waals surface area (Å²) in [5, 5.41) is 23.2. The van der Waals surface area contributed by atoms with Gasteiger partial charge in [0.2, 0.25) is 5.13 Å². The van der Waals surface area contributed by atoms with Gasteiger partial charge in [-0.3, -0.25) is 14.5 Å². The Morgan fingerprint density at radius 1 is 1.00 bits per heavy atom. The number of anilines is 1. The normalized spacial score (nSPS) is 15.9. The summed E-state index contributed by atoms with van der Waals surface area (Å²) in [6, 6.07) is 22.3. The lowest BCUT2D eigenvalue weighted by molar-refractivity contribution is -0.132. The van der Waals surface area contributed by atoms with Gasteiger partial charge in [0.25, 0.3) is 5.78 Å². The van der Waals surface area contributed by atoms with Gasteiger partial charge in [-0.25, -0.2) is 4.98 Å². The van der Waals surface area contributed by atoms with Crippen molar-refractivity contribution in [2.45, 2.75) is 36.9 Å². The molecule has 10 nitrogen and oxygen atoms in total. The van der Waals surface area contributed by atoms with Gasteiger partial charge in [0.1, 0.15) is 11.3 Å². The first-order valence-corrected chi connectivity index (χ1v) is 17.1. The van der Waals surface area contributed by atoms with Crippen LogP contribution in [0.2, 0.25) is 0 Å². The van der Waals surface area contributed by atoms with Crippen LogP contribution < -0.4 is 14.4 Å². The number of ketones is 1. The molecule has 1 N–H and O–H groups in total. The summed E-state index contributed by atoms with van der Waals surface area (Å²) < 4.78 is 13.8. The van der Waals surface area contributed by atoms with Crippen LogP contribution in [0.4, 0.5) is 5.13 Å². The summed E-state index contributed by atoms with van der Waals surface area (Å²) in [5.41, 5.74) is 3.95. The average molecular weight is 678 g/mol. The van der Waals surface area contributed by atoms with E-state index in [1.807, 2.05) is 61.7 Å². The Bertz CT molecular complexity index is 2250. The number of aryl methyl sites for hydroxylation is 2. The standard InChI is InChI=1S/C36H31N5O5S2/c1-5-46-26-16-15-23(18-27(26)45-4)30-28(31(42)29-21(3)40-17-9-10-20(2)33(40)37-29)32(43)34(44)41(30)35-38-39-36(48-35)47-19-24-13-8-12-22-11-6-7-14-25(22)24/h6-18,30,42H,5,19H2,1-4H3/b31-28+. The maximum absolute atomic E-state index is 13.9. The van der Waals surface area contributed by atoms with E-state index in [-0.39, 0.29) is 22.2 Å². The van der Waals surface area contributed by atoms with Crippen LogP contribution in [0.25, 0.3) is 22.2 Å². The number of rotatable bonds is 9. The third kappa shape index (κ3) is 5.36. The lowest BCUT2D eigenvalue weighted by Crippen LogP contribution is -2.29. The number of pyridine rings is 1. The Labute approximate surface area is 284 Å². The van der Waals surface area contributed by atoms with E-state index in [1.54, 1.807) is 18.2 Å². The number of methoxy groups -OCH3 is 1. The fourth-order valence-corrected chi connectivity index (χ4v) is 7.94. The number of nitrogens with zero attached hydrogens (tertiary/aromatic N) is 5. The number of Topliss-reactive ketones (excluding diaryl/α,β-unsaturated/α-hetero) is 1. The number of ether oxygens (including phenoxy) is 2. The number of aromatic nitrogens is 4. The summed E-state index contributed by atoms with van der Waals surface area (Å²) >= 11 is 2.71. The SMILES string of the molecule is CCOc1ccc(C2/C(=C(\O)c3nc4c(C)cccn4c3C)C(=O)C(=O)N2c2nnc(SCc3cccc4ccccc34)s2)cc1OC. The summed E-state index contributed by atoms with van der Waals surface area (Å²) in [6.07, 6.45) is 1.84. The fraction of sp³-hybridized carbons (Fsp3) is 0.194. The van der Waals surface area contributed by atoms with Gasteiger partial charge in [0, 0.05) is 11.9 Å². The maximum atomic E-state index is 13.9. The quantitative estimate of drug-likeness (QED) is 0.0554. The predicted octanol–water partition coefficient (Wildman–Crippen LogP) is 7.28. The van der Waals surface area contributed by atoms with E-state index in [9.17, 15) is 14.7 Å². The molecule has 1 aliphatic heterocycles. The van der Waals surface area contributed by atoms with E-state index in [2.05, 4.69) is 34.5 Å². The highest BCUT2D eigenvalue weighted by Gasteiger charge is 2.49. The van der Waals surface area contributed by atoms with Gasteiger partial charge in [0.15, 0.2) is 21.6 Å². The van der Waals surface area contributed by atoms with Gasteiger partial charge < -0.3 is 19.0 Å². The van der Waals surface area contributed by atoms with E-state index in [0.29, 0.717) is 45.1 Å². The number of aliphatic hydroxyl groups excluding tert-OH is 1. The topological polar surface area (TPSA) is 119 Å². The largest absolute Gasteiger partial charge is 0.505 e. The van der Waals surface area contributed by atoms with Crippen molar-refractivity contribution in [2.75, 3.05) is 18.6 Å². The molecule has 12 heteroatoms. The van der Waals surface area contributed by atoms with E-state index >= 15 is 0 Å². The van der Waals surface area contributed by atoms with Gasteiger partial charge in [-0.05, 0) is 66.4 Å². The molecule has 1 unspecified atom stereocenters. The van der Waals surface area contributed by atoms with Crippen molar-refractivity contribution < 1.29 is 24.2 Å². The first-order chi connectivity index (χ1) is 23.3. The van der Waals surface area contributed by atoms with Crippen LogP contribution in [-0.2, 0) is 15.3 Å². The van der Waals surface area contributed by atoms with Crippen molar-refractivity contribution in [3.8, 4) is 11.5 Å². The fourth-order valence-electron chi connectivity index (χ4n) is 6.06. The Morgan fingerprint density at radius 2 is 1.81 bits per heavy atom. The molecule has 0 aliphatic carbocycles. The number of aliphatic hydroxyl groups is 1. The zero-order valence-corrected chi connectivity index (χ0v) is 28.3. The molecule has 3 aromatic carbocycles. The second-order valence-corrected chi connectivity index (χ2v) is 13.4. The van der Waals surface area contributed by atoms with Crippen LogP contribution in [0.1, 0.15) is 41.0 Å². The molecule has 3 aromatic heterocycles. The Balaban J connectivity index is 1.32. The molecule has 1 amide bonds. The van der Waals surface area contributed by atoms with Crippen molar-refractivity contribution in [2.24, 2.45) is 0 Å². The zero-order chi connectivity index (χ0) is 33.5. The second kappa shape index (κ2) is 12.8. The van der Waals surface area contributed by atoms with Crippen molar-refractivity contribution in [1.82, 2.24) is 19.6 Å². The second-order valence-electron chi connectivity index (χ2n) is 11.2. The Morgan fingerprint density at radius 3 is 2.60 bits per heavy atom. The molecule has 1 atom stereocenters. The van der Waals surface area contributed by atoms with Crippen LogP contribution in [0, 0.1) is 13.8 Å². The number of carbonyl (C=O) groups is 2. The number of imidazole rings is 1. The molecule has 242 valence electrons. The molecular formula is C36H31N5O5S2. The third-order valence-electron chi connectivity index (χ3n) is 8.39. The lowest BCUT2D eigenvalue weighted by Gasteiger charge is -2.23. The van der Waals surface area contributed by atoms with Gasteiger partial charge in [-0.1, -0.05) is 77.7 Å². The van der Waals surface area contributed by atoms with Crippen LogP contribution >= 0.6 is 23.1 Å². The van der Waals surface area contributed by atoms with Crippen LogP contribution in [0.3, 0.4) is 0 Å². The number of amides is 1. The number of hydrogen-bond acceptors (Lipinski definition) is 10. The highest BCUT2D eigenvalue weighted by molar-refractivity contribution is 8.00. The Kier molecular flexibility index (Phi) is 8.36. The first-order valence-electron chi connectivity index (χ1n) is 15.3. The molecule has 7 rings (SSSR count). The molecule has 48 heavy (non-hydrogen) atoms. The molecule has 0 saturated carbocycles. The van der Waals surface area contributed by atoms with Gasteiger partial charge in [-0.2, -0.15) is 0 Å². The Hall–Kier alpha value is -5.20. The molecule has 0 bridgehead atoms. The molecular weight excluding hydrogens is 647 g/mol. The summed E-state index contributed by atoms with van der Waals surface area (Å²) in [7, 11) is 1.52. The van der Waals surface area contributed by atoms with Gasteiger partial charge >= 0.3 is 5.91 Å². The van der Waals surface area contributed by atoms with Crippen molar-refractivity contribution in [3.63, 3.8) is 0 Å². The molecule has 4 heterocycles. The third-order valence-corrected chi connectivity index (χ3v) is 10.5. The average Bonchev–Trinajstić information content (AvgIpc) is 3.78. The number of carbonyl (C=O) groups excluding carboxylic acids is 2. The number of benzene rings is 3. The minimum absolute atomic E-state index is 0.101. The number of thioether (sulfide) groups is 1. The number of hydrogen-bond donors (Lipinski definition) is 1. The van der Waals surface area contributed by atoms with E-state index in [4.69, 9.17) is 14.5 Å². The highest BCUT2D eigenvalue weighted by atomic mass is 32.2. The molecule has 1 saturated heterocycles. The molecule has 0 spiro atoms. The van der Waals surface area contributed by atoms with E-state index in [1.165, 1.54) is 35.1 Å². The molecule has 6 aromatic rings. The van der Waals surface area contributed by atoms with Crippen molar-refractivity contribution in [3.05, 3.63) is 113 Å². The zero-order valence-electron chi connectivity index (χ0n) is 26.6. The highest BCUT2D eigenvalue weighted by Crippen LogP contribution is 2.46. The minimum atomic E-state index is -1.04. The van der Waals surface area contributed by atoms with Crippen molar-refractivity contribution in [1.29, 1.82) is 0 Å². The smallest absolute Gasteiger partial charge is 0.301 e. The monoisotopic (exact) mass is 677 g/mol. The first kappa shape index (κ1) is 31.4. The van der Waals surface area contributed by atoms with E-state index in [0.717, 1.165) is 21.9 Å². The van der Waals surface area contributed by atoms with Crippen LogP contribution in [0.5, 0.6) is 11.5 Å². The summed E-state index contributed by atoms with van der Waals surface area (Å²) in [5.74, 6) is -0.476. The van der Waals surface area contributed by atoms with Gasteiger partial charge in [0.05, 0.1) is 31.0 Å². The molecule has 1 aliphatic rings. The van der Waals surface area contributed by atoms with E-state index < -0.39 is 17.7 Å². The van der Waals surface area contributed by atoms with Crippen LogP contribution in [0.15, 0.2) is 88.9 Å². The predicted molar refractivity (Wildman–Crippen MR) is 187 cm³/mol. The number of fused-ring (bicyclic) bond motifs is 2. The summed E-state index contributed by atoms with van der Waals surface area (Å²) in [4.78, 5) is 33.8. The maximum Gasteiger partial charge on any atom is 0.301 e. The van der Waals surface area contributed by atoms with Crippen molar-refractivity contribution >= 4 is 62.1 Å². The lowest BCUT2D eigenvalue weighted by atomic mass is 9.96. The molecule has 0 radical (unpaired) electrons. The molecule has 1 fully saturated rings. The minimum Gasteiger partial charge on any atom is -0.505 e. The van der Waals surface area contributed by atoms with Gasteiger partial charge in [-0.15, -0.1) is 10.2 Å².